The first-order chi connectivity index (χ1) is 7.50. The van der Waals surface area contributed by atoms with E-state index < -0.39 is 0 Å². The van der Waals surface area contributed by atoms with Gasteiger partial charge in [-0.25, -0.2) is 0 Å². The summed E-state index contributed by atoms with van der Waals surface area (Å²) < 4.78 is 0.768. The maximum absolute atomic E-state index is 11.6. The van der Waals surface area contributed by atoms with Crippen LogP contribution in [-0.4, -0.2) is 17.2 Å². The van der Waals surface area contributed by atoms with E-state index in [1.165, 1.54) is 18.0 Å². The number of rotatable bonds is 4. The van der Waals surface area contributed by atoms with Crippen LogP contribution in [0.4, 0.5) is 0 Å². The first-order valence-electron chi connectivity index (χ1n) is 5.16. The number of aromatic nitrogens is 1. The summed E-state index contributed by atoms with van der Waals surface area (Å²) in [6.45, 7) is 5.60. The van der Waals surface area contributed by atoms with E-state index in [9.17, 15) is 10.0 Å². The van der Waals surface area contributed by atoms with Crippen molar-refractivity contribution in [3.63, 3.8) is 0 Å². The molecule has 0 aliphatic carbocycles. The van der Waals surface area contributed by atoms with E-state index in [0.717, 1.165) is 4.73 Å². The lowest BCUT2D eigenvalue weighted by Gasteiger charge is -2.13. The molecule has 1 heterocycles. The van der Waals surface area contributed by atoms with Crippen LogP contribution in [0.15, 0.2) is 29.4 Å². The van der Waals surface area contributed by atoms with Crippen molar-refractivity contribution < 1.29 is 9.52 Å². The number of hydrogen-bond donors (Lipinski definition) is 1. The monoisotopic (exact) mass is 240 g/mol. The SMILES string of the molecule is CC(C)NC(=O)C(C)Sc1cccc[n+]1[O-]. The van der Waals surface area contributed by atoms with Gasteiger partial charge in [-0.05, 0) is 38.6 Å². The lowest BCUT2D eigenvalue weighted by Crippen LogP contribution is -2.37. The van der Waals surface area contributed by atoms with Crippen LogP contribution in [0.5, 0.6) is 0 Å². The highest BCUT2D eigenvalue weighted by Crippen LogP contribution is 2.19. The summed E-state index contributed by atoms with van der Waals surface area (Å²) in [4.78, 5) is 11.6. The van der Waals surface area contributed by atoms with Gasteiger partial charge >= 0.3 is 0 Å². The van der Waals surface area contributed by atoms with Gasteiger partial charge in [0.15, 0.2) is 6.20 Å². The molecule has 1 N–H and O–H groups in total. The van der Waals surface area contributed by atoms with Crippen molar-refractivity contribution in [1.82, 2.24) is 5.32 Å². The molecule has 0 aliphatic heterocycles. The second-order valence-corrected chi connectivity index (χ2v) is 5.15. The molecule has 0 radical (unpaired) electrons. The standard InChI is InChI=1S/C11H16N2O2S/c1-8(2)12-11(14)9(3)16-10-6-4-5-7-13(10)15/h4-9H,1-3H3,(H,12,14). The molecule has 0 bridgehead atoms. The van der Waals surface area contributed by atoms with E-state index in [2.05, 4.69) is 5.32 Å². The van der Waals surface area contributed by atoms with Crippen LogP contribution in [0.3, 0.4) is 0 Å². The molecule has 0 aromatic carbocycles. The van der Waals surface area contributed by atoms with E-state index in [0.29, 0.717) is 5.03 Å². The summed E-state index contributed by atoms with van der Waals surface area (Å²) in [6, 6.07) is 5.27. The van der Waals surface area contributed by atoms with Gasteiger partial charge in [-0.3, -0.25) is 4.79 Å². The Bertz CT molecular complexity index is 369. The first-order valence-corrected chi connectivity index (χ1v) is 6.04. The fourth-order valence-electron chi connectivity index (χ4n) is 1.14. The number of hydrogen-bond acceptors (Lipinski definition) is 3. The molecular formula is C11H16N2O2S. The molecule has 5 heteroatoms. The first kappa shape index (κ1) is 12.8. The molecule has 1 unspecified atom stereocenters. The van der Waals surface area contributed by atoms with Crippen LogP contribution in [0, 0.1) is 5.21 Å². The molecule has 1 aromatic heterocycles. The molecule has 1 rings (SSSR count). The fourth-order valence-corrected chi connectivity index (χ4v) is 2.00. The van der Waals surface area contributed by atoms with Gasteiger partial charge in [0.25, 0.3) is 5.03 Å². The Labute approximate surface area is 99.6 Å². The average molecular weight is 240 g/mol. The molecule has 1 atom stereocenters. The maximum Gasteiger partial charge on any atom is 0.252 e. The lowest BCUT2D eigenvalue weighted by atomic mass is 10.3. The zero-order chi connectivity index (χ0) is 12.1. The van der Waals surface area contributed by atoms with E-state index in [1.54, 1.807) is 25.1 Å². The van der Waals surface area contributed by atoms with Crippen molar-refractivity contribution in [2.75, 3.05) is 0 Å². The normalized spacial score (nSPS) is 12.5. The summed E-state index contributed by atoms with van der Waals surface area (Å²) in [7, 11) is 0. The van der Waals surface area contributed by atoms with Crippen LogP contribution >= 0.6 is 11.8 Å². The largest absolute Gasteiger partial charge is 0.618 e. The number of carbonyl (C=O) groups is 1. The Balaban J connectivity index is 2.61. The minimum Gasteiger partial charge on any atom is -0.618 e. The molecule has 1 aromatic rings. The van der Waals surface area contributed by atoms with Crippen molar-refractivity contribution in [3.8, 4) is 0 Å². The smallest absolute Gasteiger partial charge is 0.252 e. The van der Waals surface area contributed by atoms with Gasteiger partial charge in [0.2, 0.25) is 5.91 Å². The van der Waals surface area contributed by atoms with Crippen LogP contribution in [0.2, 0.25) is 0 Å². The van der Waals surface area contributed by atoms with Crippen molar-refractivity contribution in [1.29, 1.82) is 0 Å². The maximum atomic E-state index is 11.6. The predicted molar refractivity (Wildman–Crippen MR) is 64.0 cm³/mol. The Hall–Kier alpha value is -1.23. The summed E-state index contributed by atoms with van der Waals surface area (Å²) in [5, 5.41) is 14.4. The Morgan fingerprint density at radius 2 is 2.12 bits per heavy atom. The number of amides is 1. The molecule has 0 saturated carbocycles. The van der Waals surface area contributed by atoms with Crippen LogP contribution in [-0.2, 0) is 4.79 Å². The highest BCUT2D eigenvalue weighted by Gasteiger charge is 2.18. The zero-order valence-corrected chi connectivity index (χ0v) is 10.5. The molecule has 0 fully saturated rings. The van der Waals surface area contributed by atoms with Gasteiger partial charge in [-0.1, -0.05) is 0 Å². The van der Waals surface area contributed by atoms with Gasteiger partial charge in [0.1, 0.15) is 0 Å². The quantitative estimate of drug-likeness (QED) is 0.490. The molecule has 1 amide bonds. The third-order valence-electron chi connectivity index (χ3n) is 1.89. The number of thioether (sulfide) groups is 1. The number of carbonyl (C=O) groups excluding carboxylic acids is 1. The van der Waals surface area contributed by atoms with Gasteiger partial charge in [-0.15, -0.1) is 0 Å². The zero-order valence-electron chi connectivity index (χ0n) is 9.64. The Kier molecular flexibility index (Phi) is 4.61. The number of pyridine rings is 1. The molecule has 4 nitrogen and oxygen atoms in total. The minimum absolute atomic E-state index is 0.0520. The third-order valence-corrected chi connectivity index (χ3v) is 3.01. The predicted octanol–water partition coefficient (Wildman–Crippen LogP) is 1.33. The van der Waals surface area contributed by atoms with Crippen LogP contribution < -0.4 is 10.0 Å². The van der Waals surface area contributed by atoms with E-state index in [-0.39, 0.29) is 17.2 Å². The molecular weight excluding hydrogens is 224 g/mol. The number of nitrogens with one attached hydrogen (secondary N) is 1. The fraction of sp³-hybridized carbons (Fsp3) is 0.455. The van der Waals surface area contributed by atoms with Crippen molar-refractivity contribution in [2.45, 2.75) is 37.1 Å². The highest BCUT2D eigenvalue weighted by atomic mass is 32.2. The molecule has 0 saturated heterocycles. The van der Waals surface area contributed by atoms with E-state index >= 15 is 0 Å². The third kappa shape index (κ3) is 3.73. The Morgan fingerprint density at radius 3 is 2.69 bits per heavy atom. The van der Waals surface area contributed by atoms with Gasteiger partial charge < -0.3 is 10.5 Å². The van der Waals surface area contributed by atoms with Gasteiger partial charge in [0, 0.05) is 18.2 Å². The van der Waals surface area contributed by atoms with Crippen molar-refractivity contribution >= 4 is 17.7 Å². The summed E-state index contributed by atoms with van der Waals surface area (Å²) in [5.41, 5.74) is 0. The van der Waals surface area contributed by atoms with Gasteiger partial charge in [-0.2, -0.15) is 4.73 Å². The van der Waals surface area contributed by atoms with Crippen LogP contribution in [0.25, 0.3) is 0 Å². The van der Waals surface area contributed by atoms with Gasteiger partial charge in [0.05, 0.1) is 5.25 Å². The average Bonchev–Trinajstić information content (AvgIpc) is 2.20. The number of nitrogens with zero attached hydrogens (tertiary/aromatic N) is 1. The summed E-state index contributed by atoms with van der Waals surface area (Å²) >= 11 is 1.26. The molecule has 88 valence electrons. The van der Waals surface area contributed by atoms with E-state index in [4.69, 9.17) is 0 Å². The van der Waals surface area contributed by atoms with Crippen LogP contribution in [0.1, 0.15) is 20.8 Å². The molecule has 0 spiro atoms. The van der Waals surface area contributed by atoms with Crippen molar-refractivity contribution in [2.24, 2.45) is 0 Å². The second kappa shape index (κ2) is 5.75. The minimum atomic E-state index is -0.273. The second-order valence-electron chi connectivity index (χ2n) is 3.79. The van der Waals surface area contributed by atoms with Crippen molar-refractivity contribution in [3.05, 3.63) is 29.6 Å². The van der Waals surface area contributed by atoms with E-state index in [1.807, 2.05) is 13.8 Å². The summed E-state index contributed by atoms with van der Waals surface area (Å²) in [5.74, 6) is -0.0520. The topological polar surface area (TPSA) is 56.0 Å². The highest BCUT2D eigenvalue weighted by molar-refractivity contribution is 8.00. The summed E-state index contributed by atoms with van der Waals surface area (Å²) in [6.07, 6.45) is 1.43. The molecule has 0 aliphatic rings. The Morgan fingerprint density at radius 1 is 1.44 bits per heavy atom. The molecule has 16 heavy (non-hydrogen) atoms. The lowest BCUT2D eigenvalue weighted by molar-refractivity contribution is -0.645.